The van der Waals surface area contributed by atoms with E-state index in [9.17, 15) is 8.42 Å². The van der Waals surface area contributed by atoms with Gasteiger partial charge in [-0.2, -0.15) is 5.10 Å². The highest BCUT2D eigenvalue weighted by atomic mass is 35.7. The molecule has 15 heavy (non-hydrogen) atoms. The van der Waals surface area contributed by atoms with Gasteiger partial charge in [0.05, 0.1) is 11.7 Å². The molecule has 1 aromatic heterocycles. The summed E-state index contributed by atoms with van der Waals surface area (Å²) >= 11 is 0. The lowest BCUT2D eigenvalue weighted by molar-refractivity contribution is 0.464. The number of rotatable bonds is 3. The Kier molecular flexibility index (Phi) is 3.02. The van der Waals surface area contributed by atoms with Crippen molar-refractivity contribution in [2.75, 3.05) is 0 Å². The third-order valence-corrected chi connectivity index (χ3v) is 3.65. The molecule has 0 N–H and O–H groups in total. The Morgan fingerprint density at radius 2 is 2.13 bits per heavy atom. The summed E-state index contributed by atoms with van der Waals surface area (Å²) in [5, 5.41) is 4.23. The lowest BCUT2D eigenvalue weighted by atomic mass is 10.3. The second-order valence-corrected chi connectivity index (χ2v) is 6.69. The van der Waals surface area contributed by atoms with Crippen molar-refractivity contribution in [1.29, 1.82) is 0 Å². The van der Waals surface area contributed by atoms with Crippen LogP contribution in [-0.2, 0) is 14.8 Å². The van der Waals surface area contributed by atoms with Gasteiger partial charge >= 0.3 is 0 Å². The fourth-order valence-corrected chi connectivity index (χ4v) is 2.85. The van der Waals surface area contributed by atoms with Crippen molar-refractivity contribution in [3.05, 3.63) is 18.0 Å². The number of nitrogens with zero attached hydrogens (tertiary/aromatic N) is 2. The Labute approximate surface area is 93.7 Å². The molecule has 1 heterocycles. The first-order chi connectivity index (χ1) is 7.04. The Bertz CT molecular complexity index is 435. The fourth-order valence-electron chi connectivity index (χ4n) is 2.00. The Morgan fingerprint density at radius 1 is 1.47 bits per heavy atom. The van der Waals surface area contributed by atoms with E-state index in [0.29, 0.717) is 11.7 Å². The summed E-state index contributed by atoms with van der Waals surface area (Å²) in [6.45, 7) is 0. The summed E-state index contributed by atoms with van der Waals surface area (Å²) in [5.41, 5.74) is 0.525. The van der Waals surface area contributed by atoms with E-state index in [4.69, 9.17) is 10.7 Å². The predicted molar refractivity (Wildman–Crippen MR) is 58.2 cm³/mol. The van der Waals surface area contributed by atoms with Crippen molar-refractivity contribution < 1.29 is 8.42 Å². The minimum Gasteiger partial charge on any atom is -0.269 e. The van der Waals surface area contributed by atoms with Gasteiger partial charge < -0.3 is 0 Å². The lowest BCUT2D eigenvalue weighted by Crippen LogP contribution is -2.06. The molecular weight excluding hydrogens is 236 g/mol. The van der Waals surface area contributed by atoms with Gasteiger partial charge in [-0.25, -0.2) is 8.42 Å². The minimum atomic E-state index is -3.49. The predicted octanol–water partition coefficient (Wildman–Crippen LogP) is 2.07. The van der Waals surface area contributed by atoms with Crippen LogP contribution in [0.3, 0.4) is 0 Å². The summed E-state index contributed by atoms with van der Waals surface area (Å²) in [7, 11) is 1.67. The van der Waals surface area contributed by atoms with E-state index in [1.54, 1.807) is 6.07 Å². The molecule has 6 heteroatoms. The molecule has 1 aliphatic carbocycles. The van der Waals surface area contributed by atoms with Crippen molar-refractivity contribution in [2.24, 2.45) is 0 Å². The summed E-state index contributed by atoms with van der Waals surface area (Å²) < 4.78 is 23.6. The molecule has 0 aliphatic heterocycles. The first kappa shape index (κ1) is 11.0. The monoisotopic (exact) mass is 248 g/mol. The molecule has 0 radical (unpaired) electrons. The van der Waals surface area contributed by atoms with Crippen LogP contribution in [0.5, 0.6) is 0 Å². The van der Waals surface area contributed by atoms with Gasteiger partial charge in [0, 0.05) is 16.9 Å². The second kappa shape index (κ2) is 4.14. The van der Waals surface area contributed by atoms with E-state index < -0.39 is 9.05 Å². The standard InChI is InChI=1S/C9H13ClN2O2S/c10-15(13,14)7-8-5-6-12(11-8)9-3-1-2-4-9/h5-6,9H,1-4,7H2. The third kappa shape index (κ3) is 2.95. The quantitative estimate of drug-likeness (QED) is 0.770. The summed E-state index contributed by atoms with van der Waals surface area (Å²) in [6.07, 6.45) is 6.57. The summed E-state index contributed by atoms with van der Waals surface area (Å²) in [5.74, 6) is -0.186. The molecule has 1 aliphatic rings. The van der Waals surface area contributed by atoms with Gasteiger partial charge in [-0.05, 0) is 18.9 Å². The maximum atomic E-state index is 10.8. The van der Waals surface area contributed by atoms with E-state index in [0.717, 1.165) is 12.8 Å². The zero-order chi connectivity index (χ0) is 10.9. The first-order valence-corrected chi connectivity index (χ1v) is 7.49. The number of hydrogen-bond acceptors (Lipinski definition) is 3. The highest BCUT2D eigenvalue weighted by molar-refractivity contribution is 8.13. The van der Waals surface area contributed by atoms with E-state index in [-0.39, 0.29) is 5.75 Å². The van der Waals surface area contributed by atoms with Crippen LogP contribution in [0.15, 0.2) is 12.3 Å². The van der Waals surface area contributed by atoms with Crippen LogP contribution in [0.2, 0.25) is 0 Å². The molecule has 1 saturated carbocycles. The average molecular weight is 249 g/mol. The van der Waals surface area contributed by atoms with Gasteiger partial charge in [0.15, 0.2) is 0 Å². The van der Waals surface area contributed by atoms with Crippen LogP contribution < -0.4 is 0 Å². The summed E-state index contributed by atoms with van der Waals surface area (Å²) in [6, 6.07) is 2.16. The normalized spacial score (nSPS) is 18.5. The van der Waals surface area contributed by atoms with Crippen molar-refractivity contribution in [3.8, 4) is 0 Å². The molecule has 1 aromatic rings. The molecule has 0 saturated heterocycles. The SMILES string of the molecule is O=S(=O)(Cl)Cc1ccn(C2CCCC2)n1. The van der Waals surface area contributed by atoms with Crippen molar-refractivity contribution in [1.82, 2.24) is 9.78 Å². The van der Waals surface area contributed by atoms with Crippen LogP contribution in [0, 0.1) is 0 Å². The maximum Gasteiger partial charge on any atom is 0.238 e. The van der Waals surface area contributed by atoms with Gasteiger partial charge in [-0.15, -0.1) is 0 Å². The van der Waals surface area contributed by atoms with E-state index in [1.165, 1.54) is 12.8 Å². The molecule has 84 valence electrons. The van der Waals surface area contributed by atoms with Crippen LogP contribution in [0.25, 0.3) is 0 Å². The Morgan fingerprint density at radius 3 is 2.73 bits per heavy atom. The van der Waals surface area contributed by atoms with Gasteiger partial charge in [0.2, 0.25) is 9.05 Å². The maximum absolute atomic E-state index is 10.8. The average Bonchev–Trinajstić information content (AvgIpc) is 2.68. The molecule has 0 atom stereocenters. The van der Waals surface area contributed by atoms with Gasteiger partial charge in [0.1, 0.15) is 5.75 Å². The first-order valence-electron chi connectivity index (χ1n) is 5.01. The topological polar surface area (TPSA) is 52.0 Å². The van der Waals surface area contributed by atoms with Crippen molar-refractivity contribution in [3.63, 3.8) is 0 Å². The molecule has 0 spiro atoms. The van der Waals surface area contributed by atoms with Crippen LogP contribution in [0.4, 0.5) is 0 Å². The fraction of sp³-hybridized carbons (Fsp3) is 0.667. The lowest BCUT2D eigenvalue weighted by Gasteiger charge is -2.08. The molecule has 0 aromatic carbocycles. The number of aromatic nitrogens is 2. The van der Waals surface area contributed by atoms with E-state index in [2.05, 4.69) is 5.10 Å². The highest BCUT2D eigenvalue weighted by Crippen LogP contribution is 2.28. The zero-order valence-corrected chi connectivity index (χ0v) is 9.84. The van der Waals surface area contributed by atoms with Crippen LogP contribution in [-0.4, -0.2) is 18.2 Å². The summed E-state index contributed by atoms with van der Waals surface area (Å²) in [4.78, 5) is 0. The number of halogens is 1. The Hall–Kier alpha value is -0.550. The molecule has 1 fully saturated rings. The van der Waals surface area contributed by atoms with Crippen LogP contribution >= 0.6 is 10.7 Å². The highest BCUT2D eigenvalue weighted by Gasteiger charge is 2.18. The minimum absolute atomic E-state index is 0.186. The van der Waals surface area contributed by atoms with Crippen molar-refractivity contribution in [2.45, 2.75) is 37.5 Å². The van der Waals surface area contributed by atoms with Gasteiger partial charge in [-0.1, -0.05) is 12.8 Å². The molecular formula is C9H13ClN2O2S. The zero-order valence-electron chi connectivity index (χ0n) is 8.26. The van der Waals surface area contributed by atoms with Crippen LogP contribution in [0.1, 0.15) is 37.4 Å². The molecule has 2 rings (SSSR count). The largest absolute Gasteiger partial charge is 0.269 e. The molecule has 0 amide bonds. The van der Waals surface area contributed by atoms with E-state index in [1.807, 2.05) is 10.9 Å². The Balaban J connectivity index is 2.10. The van der Waals surface area contributed by atoms with Gasteiger partial charge in [-0.3, -0.25) is 4.68 Å². The second-order valence-electron chi connectivity index (χ2n) is 3.91. The molecule has 0 unspecified atom stereocenters. The third-order valence-electron chi connectivity index (χ3n) is 2.68. The molecule has 0 bridgehead atoms. The number of hydrogen-bond donors (Lipinski definition) is 0. The smallest absolute Gasteiger partial charge is 0.238 e. The van der Waals surface area contributed by atoms with Gasteiger partial charge in [0.25, 0.3) is 0 Å². The van der Waals surface area contributed by atoms with E-state index >= 15 is 0 Å². The van der Waals surface area contributed by atoms with Crippen molar-refractivity contribution >= 4 is 19.7 Å². The molecule has 4 nitrogen and oxygen atoms in total.